The summed E-state index contributed by atoms with van der Waals surface area (Å²) >= 11 is 1.69. The highest BCUT2D eigenvalue weighted by molar-refractivity contribution is 7.99. The van der Waals surface area contributed by atoms with Crippen LogP contribution in [-0.4, -0.2) is 12.1 Å². The first-order valence-electron chi connectivity index (χ1n) is 5.48. The van der Waals surface area contributed by atoms with Gasteiger partial charge in [0, 0.05) is 9.79 Å². The van der Waals surface area contributed by atoms with Gasteiger partial charge >= 0.3 is 7.12 Å². The van der Waals surface area contributed by atoms with Gasteiger partial charge in [0.25, 0.3) is 0 Å². The third-order valence-electron chi connectivity index (χ3n) is 2.76. The maximum absolute atomic E-state index is 9.64. The fraction of sp³-hybridized carbons (Fsp3) is 0.0769. The second kappa shape index (κ2) is 4.57. The van der Waals surface area contributed by atoms with Gasteiger partial charge in [-0.3, -0.25) is 0 Å². The van der Waals surface area contributed by atoms with Crippen molar-refractivity contribution in [2.75, 3.05) is 0 Å². The minimum Gasteiger partial charge on any atom is -0.423 e. The van der Waals surface area contributed by atoms with Crippen molar-refractivity contribution >= 4 is 24.3 Å². The second-order valence-corrected chi connectivity index (χ2v) is 5.09. The van der Waals surface area contributed by atoms with Crippen molar-refractivity contribution in [2.45, 2.75) is 16.4 Å². The Morgan fingerprint density at radius 3 is 2.71 bits per heavy atom. The van der Waals surface area contributed by atoms with Crippen LogP contribution < -0.4 is 5.46 Å². The molecule has 0 fully saturated rings. The van der Waals surface area contributed by atoms with E-state index in [9.17, 15) is 5.02 Å². The summed E-state index contributed by atoms with van der Waals surface area (Å²) in [6.45, 7) is 0.507. The van der Waals surface area contributed by atoms with E-state index in [1.807, 2.05) is 30.3 Å². The molecule has 1 aliphatic rings. The summed E-state index contributed by atoms with van der Waals surface area (Å²) in [6.07, 6.45) is 0. The van der Waals surface area contributed by atoms with Gasteiger partial charge in [0.05, 0.1) is 6.61 Å². The number of fused-ring (bicyclic) bond motifs is 1. The van der Waals surface area contributed by atoms with Crippen LogP contribution in [0, 0.1) is 0 Å². The topological polar surface area (TPSA) is 29.5 Å². The molecule has 0 atom stereocenters. The van der Waals surface area contributed by atoms with Crippen molar-refractivity contribution in [3.05, 3.63) is 54.1 Å². The second-order valence-electron chi connectivity index (χ2n) is 3.94. The van der Waals surface area contributed by atoms with E-state index in [1.54, 1.807) is 11.8 Å². The Hall–Kier alpha value is -1.23. The van der Waals surface area contributed by atoms with E-state index >= 15 is 0 Å². The summed E-state index contributed by atoms with van der Waals surface area (Å²) in [4.78, 5) is 2.32. The Balaban J connectivity index is 1.88. The lowest BCUT2D eigenvalue weighted by atomic mass is 9.80. The number of benzene rings is 2. The van der Waals surface area contributed by atoms with Crippen LogP contribution in [0.2, 0.25) is 0 Å². The van der Waals surface area contributed by atoms with Gasteiger partial charge in [-0.05, 0) is 35.3 Å². The van der Waals surface area contributed by atoms with E-state index in [0.29, 0.717) is 6.61 Å². The van der Waals surface area contributed by atoms with Gasteiger partial charge in [-0.25, -0.2) is 0 Å². The molecule has 2 aromatic carbocycles. The van der Waals surface area contributed by atoms with Gasteiger partial charge in [0.15, 0.2) is 0 Å². The highest BCUT2D eigenvalue weighted by atomic mass is 32.2. The summed E-state index contributed by atoms with van der Waals surface area (Å²) < 4.78 is 5.17. The van der Waals surface area contributed by atoms with Crippen LogP contribution in [0.25, 0.3) is 0 Å². The molecule has 2 aromatic rings. The largest absolute Gasteiger partial charge is 0.491 e. The smallest absolute Gasteiger partial charge is 0.423 e. The molecule has 0 amide bonds. The monoisotopic (exact) mass is 242 g/mol. The molecule has 1 heterocycles. The van der Waals surface area contributed by atoms with Crippen LogP contribution in [0.5, 0.6) is 0 Å². The van der Waals surface area contributed by atoms with Gasteiger partial charge in [0.2, 0.25) is 0 Å². The fourth-order valence-corrected chi connectivity index (χ4v) is 2.77. The van der Waals surface area contributed by atoms with Crippen molar-refractivity contribution in [3.63, 3.8) is 0 Å². The molecule has 3 rings (SSSR count). The van der Waals surface area contributed by atoms with Crippen molar-refractivity contribution < 1.29 is 9.68 Å². The minimum atomic E-state index is -0.763. The lowest BCUT2D eigenvalue weighted by Crippen LogP contribution is -2.27. The highest BCUT2D eigenvalue weighted by Gasteiger charge is 2.27. The minimum absolute atomic E-state index is 0.507. The Bertz CT molecular complexity index is 530. The average molecular weight is 242 g/mol. The standard InChI is InChI=1S/C13H11BO2S/c15-14-13-8-12(7-6-10(13)9-16-14)17-11-4-2-1-3-5-11/h1-8,15H,9H2. The summed E-state index contributed by atoms with van der Waals surface area (Å²) in [6, 6.07) is 16.3. The van der Waals surface area contributed by atoms with Gasteiger partial charge in [-0.15, -0.1) is 0 Å². The summed E-state index contributed by atoms with van der Waals surface area (Å²) in [7, 11) is -0.763. The predicted octanol–water partition coefficient (Wildman–Crippen LogP) is 2.06. The van der Waals surface area contributed by atoms with E-state index in [1.165, 1.54) is 4.90 Å². The van der Waals surface area contributed by atoms with Crippen molar-refractivity contribution in [1.82, 2.24) is 0 Å². The molecular weight excluding hydrogens is 231 g/mol. The number of hydrogen-bond donors (Lipinski definition) is 1. The Labute approximate surface area is 105 Å². The Morgan fingerprint density at radius 1 is 1.06 bits per heavy atom. The zero-order valence-electron chi connectivity index (χ0n) is 9.17. The van der Waals surface area contributed by atoms with Gasteiger partial charge < -0.3 is 9.68 Å². The molecule has 1 N–H and O–H groups in total. The molecule has 0 bridgehead atoms. The van der Waals surface area contributed by atoms with Crippen LogP contribution >= 0.6 is 11.8 Å². The lowest BCUT2D eigenvalue weighted by Gasteiger charge is -2.04. The van der Waals surface area contributed by atoms with Crippen LogP contribution in [-0.2, 0) is 11.3 Å². The van der Waals surface area contributed by atoms with Crippen LogP contribution in [0.1, 0.15) is 5.56 Å². The molecule has 0 aromatic heterocycles. The van der Waals surface area contributed by atoms with Gasteiger partial charge in [-0.1, -0.05) is 36.0 Å². The quantitative estimate of drug-likeness (QED) is 0.817. The number of hydrogen-bond acceptors (Lipinski definition) is 3. The molecule has 0 spiro atoms. The van der Waals surface area contributed by atoms with Crippen LogP contribution in [0.15, 0.2) is 58.3 Å². The van der Waals surface area contributed by atoms with E-state index in [-0.39, 0.29) is 0 Å². The predicted molar refractivity (Wildman–Crippen MR) is 69.4 cm³/mol. The molecule has 17 heavy (non-hydrogen) atoms. The van der Waals surface area contributed by atoms with Gasteiger partial charge in [0.1, 0.15) is 0 Å². The molecule has 0 aliphatic carbocycles. The first-order valence-corrected chi connectivity index (χ1v) is 6.30. The molecule has 0 unspecified atom stereocenters. The van der Waals surface area contributed by atoms with Crippen LogP contribution in [0.4, 0.5) is 0 Å². The highest BCUT2D eigenvalue weighted by Crippen LogP contribution is 2.27. The summed E-state index contributed by atoms with van der Waals surface area (Å²) in [5.41, 5.74) is 1.97. The molecule has 84 valence electrons. The van der Waals surface area contributed by atoms with E-state index in [4.69, 9.17) is 4.65 Å². The molecular formula is C13H11BO2S. The normalized spacial score (nSPS) is 13.8. The summed E-state index contributed by atoms with van der Waals surface area (Å²) in [5, 5.41) is 9.64. The lowest BCUT2D eigenvalue weighted by molar-refractivity contribution is 0.275. The maximum Gasteiger partial charge on any atom is 0.491 e. The molecule has 0 radical (unpaired) electrons. The van der Waals surface area contributed by atoms with Crippen molar-refractivity contribution in [1.29, 1.82) is 0 Å². The molecule has 0 saturated heterocycles. The first kappa shape index (κ1) is 10.9. The molecule has 2 nitrogen and oxygen atoms in total. The first-order chi connectivity index (χ1) is 8.33. The van der Waals surface area contributed by atoms with E-state index in [0.717, 1.165) is 15.9 Å². The third-order valence-corrected chi connectivity index (χ3v) is 3.76. The Kier molecular flexibility index (Phi) is 2.93. The molecule has 0 saturated carbocycles. The average Bonchev–Trinajstić information content (AvgIpc) is 2.73. The van der Waals surface area contributed by atoms with Crippen molar-refractivity contribution in [2.24, 2.45) is 0 Å². The van der Waals surface area contributed by atoms with E-state index < -0.39 is 7.12 Å². The zero-order valence-corrected chi connectivity index (χ0v) is 9.98. The zero-order chi connectivity index (χ0) is 11.7. The molecule has 4 heteroatoms. The van der Waals surface area contributed by atoms with E-state index in [2.05, 4.69) is 18.2 Å². The number of rotatable bonds is 2. The SMILES string of the molecule is OB1OCc2ccc(Sc3ccccc3)cc21. The van der Waals surface area contributed by atoms with Crippen molar-refractivity contribution in [3.8, 4) is 0 Å². The van der Waals surface area contributed by atoms with Gasteiger partial charge in [-0.2, -0.15) is 0 Å². The summed E-state index contributed by atoms with van der Waals surface area (Å²) in [5.74, 6) is 0. The Morgan fingerprint density at radius 2 is 1.88 bits per heavy atom. The third kappa shape index (κ3) is 2.24. The molecule has 1 aliphatic heterocycles. The maximum atomic E-state index is 9.64. The fourth-order valence-electron chi connectivity index (χ4n) is 1.88. The van der Waals surface area contributed by atoms with Crippen LogP contribution in [0.3, 0.4) is 0 Å².